The van der Waals surface area contributed by atoms with E-state index in [2.05, 4.69) is 0 Å². The molecular formula is C12H13ClN2O5. The molecule has 0 saturated heterocycles. The van der Waals surface area contributed by atoms with Crippen molar-refractivity contribution in [2.24, 2.45) is 5.92 Å². The van der Waals surface area contributed by atoms with E-state index in [4.69, 9.17) is 11.6 Å². The SMILES string of the molecule is CC(=O)C(CCCl)Cc1ccc([N+](=O)[O-])cc1[N+](=O)[O-]. The maximum absolute atomic E-state index is 11.5. The van der Waals surface area contributed by atoms with Crippen molar-refractivity contribution >= 4 is 28.8 Å². The molecule has 1 unspecified atom stereocenters. The summed E-state index contributed by atoms with van der Waals surface area (Å²) in [6, 6.07) is 3.42. The molecule has 0 N–H and O–H groups in total. The maximum Gasteiger partial charge on any atom is 0.279 e. The van der Waals surface area contributed by atoms with Crippen molar-refractivity contribution in [3.63, 3.8) is 0 Å². The average Bonchev–Trinajstić information content (AvgIpc) is 2.37. The first-order chi connectivity index (χ1) is 9.36. The second kappa shape index (κ2) is 6.95. The van der Waals surface area contributed by atoms with Crippen LogP contribution in [-0.2, 0) is 11.2 Å². The summed E-state index contributed by atoms with van der Waals surface area (Å²) in [7, 11) is 0. The van der Waals surface area contributed by atoms with E-state index in [1.54, 1.807) is 0 Å². The number of Topliss-reactive ketones (excluding diaryl/α,β-unsaturated/α-hetero) is 1. The van der Waals surface area contributed by atoms with Gasteiger partial charge in [0, 0.05) is 23.4 Å². The number of ketones is 1. The van der Waals surface area contributed by atoms with Gasteiger partial charge in [0.25, 0.3) is 11.4 Å². The van der Waals surface area contributed by atoms with Crippen LogP contribution in [0.25, 0.3) is 0 Å². The van der Waals surface area contributed by atoms with Gasteiger partial charge in [0.1, 0.15) is 5.78 Å². The minimum absolute atomic E-state index is 0.113. The predicted octanol–water partition coefficient (Wildman–Crippen LogP) is 2.88. The number of nitrogens with zero attached hydrogens (tertiary/aromatic N) is 2. The lowest BCUT2D eigenvalue weighted by Gasteiger charge is -2.12. The lowest BCUT2D eigenvalue weighted by Crippen LogP contribution is -2.15. The summed E-state index contributed by atoms with van der Waals surface area (Å²) in [6.45, 7) is 1.40. The first-order valence-electron chi connectivity index (χ1n) is 5.85. The second-order valence-corrected chi connectivity index (χ2v) is 4.69. The number of hydrogen-bond donors (Lipinski definition) is 0. The maximum atomic E-state index is 11.5. The standard InChI is InChI=1S/C12H13ClN2O5/c1-8(16)9(4-5-13)6-10-2-3-11(14(17)18)7-12(10)15(19)20/h2-3,7,9H,4-6H2,1H3. The number of non-ortho nitro benzene ring substituents is 1. The number of nitro benzene ring substituents is 2. The van der Waals surface area contributed by atoms with Crippen LogP contribution in [0.5, 0.6) is 0 Å². The quantitative estimate of drug-likeness (QED) is 0.437. The highest BCUT2D eigenvalue weighted by Gasteiger charge is 2.23. The minimum atomic E-state index is -0.696. The van der Waals surface area contributed by atoms with Crippen LogP contribution in [0.1, 0.15) is 18.9 Å². The predicted molar refractivity (Wildman–Crippen MR) is 73.0 cm³/mol. The van der Waals surface area contributed by atoms with E-state index < -0.39 is 15.8 Å². The van der Waals surface area contributed by atoms with Crippen LogP contribution >= 0.6 is 11.6 Å². The highest BCUT2D eigenvalue weighted by molar-refractivity contribution is 6.18. The van der Waals surface area contributed by atoms with Gasteiger partial charge in [-0.25, -0.2) is 0 Å². The molecule has 0 aliphatic heterocycles. The van der Waals surface area contributed by atoms with Gasteiger partial charge in [-0.3, -0.25) is 25.0 Å². The van der Waals surface area contributed by atoms with E-state index in [0.717, 1.165) is 6.07 Å². The van der Waals surface area contributed by atoms with Crippen molar-refractivity contribution in [3.05, 3.63) is 44.0 Å². The number of nitro groups is 2. The average molecular weight is 301 g/mol. The highest BCUT2D eigenvalue weighted by atomic mass is 35.5. The number of halogens is 1. The van der Waals surface area contributed by atoms with Gasteiger partial charge in [0.2, 0.25) is 0 Å². The zero-order valence-corrected chi connectivity index (χ0v) is 11.5. The summed E-state index contributed by atoms with van der Waals surface area (Å²) in [5, 5.41) is 21.6. The molecular weight excluding hydrogens is 288 g/mol. The molecule has 0 radical (unpaired) electrons. The van der Waals surface area contributed by atoms with Crippen molar-refractivity contribution < 1.29 is 14.6 Å². The van der Waals surface area contributed by atoms with Gasteiger partial charge in [-0.15, -0.1) is 11.6 Å². The number of carbonyl (C=O) groups excluding carboxylic acids is 1. The zero-order valence-electron chi connectivity index (χ0n) is 10.7. The van der Waals surface area contributed by atoms with Crippen LogP contribution in [-0.4, -0.2) is 21.5 Å². The Morgan fingerprint density at radius 1 is 1.30 bits per heavy atom. The Kier molecular flexibility index (Phi) is 5.57. The minimum Gasteiger partial charge on any atom is -0.300 e. The molecule has 0 aliphatic carbocycles. The zero-order chi connectivity index (χ0) is 15.3. The van der Waals surface area contributed by atoms with Crippen molar-refractivity contribution in [2.45, 2.75) is 19.8 Å². The Bertz CT molecular complexity index is 547. The fraction of sp³-hybridized carbons (Fsp3) is 0.417. The molecule has 1 aromatic carbocycles. The van der Waals surface area contributed by atoms with E-state index in [0.29, 0.717) is 12.0 Å². The van der Waals surface area contributed by atoms with Crippen molar-refractivity contribution in [1.82, 2.24) is 0 Å². The number of rotatable bonds is 7. The molecule has 7 nitrogen and oxygen atoms in total. The van der Waals surface area contributed by atoms with Crippen LogP contribution in [0.3, 0.4) is 0 Å². The summed E-state index contributed by atoms with van der Waals surface area (Å²) in [6.07, 6.45) is 0.557. The first-order valence-corrected chi connectivity index (χ1v) is 6.38. The molecule has 20 heavy (non-hydrogen) atoms. The summed E-state index contributed by atoms with van der Waals surface area (Å²) in [4.78, 5) is 31.7. The number of hydrogen-bond acceptors (Lipinski definition) is 5. The van der Waals surface area contributed by atoms with Gasteiger partial charge in [-0.1, -0.05) is 0 Å². The molecule has 0 aromatic heterocycles. The molecule has 0 spiro atoms. The summed E-state index contributed by atoms with van der Waals surface area (Å²) in [5.41, 5.74) is -0.400. The Balaban J connectivity index is 3.13. The van der Waals surface area contributed by atoms with E-state index >= 15 is 0 Å². The van der Waals surface area contributed by atoms with Crippen LogP contribution < -0.4 is 0 Å². The number of benzene rings is 1. The van der Waals surface area contributed by atoms with Gasteiger partial charge in [0.05, 0.1) is 15.9 Å². The normalized spacial score (nSPS) is 11.9. The number of alkyl halides is 1. The van der Waals surface area contributed by atoms with Crippen LogP contribution in [0.2, 0.25) is 0 Å². The van der Waals surface area contributed by atoms with Gasteiger partial charge >= 0.3 is 0 Å². The van der Waals surface area contributed by atoms with Crippen LogP contribution in [0.15, 0.2) is 18.2 Å². The third-order valence-electron chi connectivity index (χ3n) is 2.98. The van der Waals surface area contributed by atoms with Crippen molar-refractivity contribution in [2.75, 3.05) is 5.88 Å². The van der Waals surface area contributed by atoms with Gasteiger partial charge < -0.3 is 0 Å². The molecule has 0 heterocycles. The Labute approximate surface area is 119 Å². The first kappa shape index (κ1) is 16.0. The largest absolute Gasteiger partial charge is 0.300 e. The molecule has 0 amide bonds. The monoisotopic (exact) mass is 300 g/mol. The molecule has 0 aliphatic rings. The fourth-order valence-electron chi connectivity index (χ4n) is 1.85. The van der Waals surface area contributed by atoms with E-state index in [1.165, 1.54) is 19.1 Å². The molecule has 1 atom stereocenters. The molecule has 1 aromatic rings. The van der Waals surface area contributed by atoms with E-state index in [1.807, 2.05) is 0 Å². The van der Waals surface area contributed by atoms with Gasteiger partial charge in [0.15, 0.2) is 0 Å². The molecule has 108 valence electrons. The summed E-state index contributed by atoms with van der Waals surface area (Å²) < 4.78 is 0. The molecule has 0 fully saturated rings. The smallest absolute Gasteiger partial charge is 0.279 e. The van der Waals surface area contributed by atoms with Crippen LogP contribution in [0.4, 0.5) is 11.4 Å². The van der Waals surface area contributed by atoms with Crippen molar-refractivity contribution in [3.8, 4) is 0 Å². The molecule has 0 saturated carbocycles. The van der Waals surface area contributed by atoms with E-state index in [9.17, 15) is 25.0 Å². The topological polar surface area (TPSA) is 103 Å². The Morgan fingerprint density at radius 2 is 1.95 bits per heavy atom. The molecule has 0 bridgehead atoms. The fourth-order valence-corrected chi connectivity index (χ4v) is 2.12. The summed E-state index contributed by atoms with van der Waals surface area (Å²) >= 11 is 5.60. The van der Waals surface area contributed by atoms with Gasteiger partial charge in [-0.05, 0) is 25.8 Å². The van der Waals surface area contributed by atoms with E-state index in [-0.39, 0.29) is 29.5 Å². The van der Waals surface area contributed by atoms with Crippen LogP contribution in [0, 0.1) is 26.1 Å². The lowest BCUT2D eigenvalue weighted by atomic mass is 9.92. The molecule has 1 rings (SSSR count). The van der Waals surface area contributed by atoms with Crippen molar-refractivity contribution in [1.29, 1.82) is 0 Å². The van der Waals surface area contributed by atoms with Gasteiger partial charge in [-0.2, -0.15) is 0 Å². The lowest BCUT2D eigenvalue weighted by molar-refractivity contribution is -0.394. The second-order valence-electron chi connectivity index (χ2n) is 4.32. The molecule has 8 heteroatoms. The highest BCUT2D eigenvalue weighted by Crippen LogP contribution is 2.27. The summed E-state index contributed by atoms with van der Waals surface area (Å²) in [5.74, 6) is -0.267. The number of carbonyl (C=O) groups is 1. The third kappa shape index (κ3) is 3.99. The Hall–Kier alpha value is -2.02. The Morgan fingerprint density at radius 3 is 2.40 bits per heavy atom. The third-order valence-corrected chi connectivity index (χ3v) is 3.19.